The Morgan fingerprint density at radius 2 is 2.04 bits per heavy atom. The average Bonchev–Trinajstić information content (AvgIpc) is 2.65. The highest BCUT2D eigenvalue weighted by Crippen LogP contribution is 2.35. The summed E-state index contributed by atoms with van der Waals surface area (Å²) in [5.41, 5.74) is -0.236. The van der Waals surface area contributed by atoms with Crippen molar-refractivity contribution in [2.24, 2.45) is 5.41 Å². The normalized spacial score (nSPS) is 19.6. The number of nitrogens with one attached hydrogen (secondary N) is 1. The van der Waals surface area contributed by atoms with Crippen LogP contribution in [0.3, 0.4) is 0 Å². The van der Waals surface area contributed by atoms with E-state index in [1.165, 1.54) is 25.3 Å². The van der Waals surface area contributed by atoms with Gasteiger partial charge < -0.3 is 10.2 Å². The number of piperidine rings is 1. The SMILES string of the molecule is CCC(=O)N1CCCC(C)(C)C1CNC(=O)c1ncccc1S(=O)(=O)CC. The van der Waals surface area contributed by atoms with Crippen LogP contribution >= 0.6 is 0 Å². The third kappa shape index (κ3) is 4.66. The summed E-state index contributed by atoms with van der Waals surface area (Å²) >= 11 is 0. The van der Waals surface area contributed by atoms with Crippen molar-refractivity contribution in [3.8, 4) is 0 Å². The van der Waals surface area contributed by atoms with Crippen molar-refractivity contribution in [1.29, 1.82) is 0 Å². The second-order valence-corrected chi connectivity index (χ2v) is 9.76. The first-order valence-corrected chi connectivity index (χ1v) is 11.0. The Morgan fingerprint density at radius 3 is 2.67 bits per heavy atom. The summed E-state index contributed by atoms with van der Waals surface area (Å²) in [5.74, 6) is -0.574. The fourth-order valence-electron chi connectivity index (χ4n) is 3.58. The van der Waals surface area contributed by atoms with Crippen LogP contribution in [0, 0.1) is 5.41 Å². The lowest BCUT2D eigenvalue weighted by Crippen LogP contribution is -2.57. The van der Waals surface area contributed by atoms with Crippen LogP contribution in [0.5, 0.6) is 0 Å². The third-order valence-corrected chi connectivity index (χ3v) is 7.04. The summed E-state index contributed by atoms with van der Waals surface area (Å²) in [5, 5.41) is 2.81. The number of likely N-dealkylation sites (tertiary alicyclic amines) is 1. The van der Waals surface area contributed by atoms with Gasteiger partial charge in [-0.1, -0.05) is 27.7 Å². The van der Waals surface area contributed by atoms with Gasteiger partial charge in [-0.25, -0.2) is 13.4 Å². The van der Waals surface area contributed by atoms with Gasteiger partial charge in [0.25, 0.3) is 5.91 Å². The number of nitrogens with zero attached hydrogens (tertiary/aromatic N) is 2. The van der Waals surface area contributed by atoms with Crippen molar-refractivity contribution in [1.82, 2.24) is 15.2 Å². The van der Waals surface area contributed by atoms with Gasteiger partial charge in [0.05, 0.1) is 16.7 Å². The molecule has 0 aromatic carbocycles. The van der Waals surface area contributed by atoms with E-state index in [0.717, 1.165) is 12.8 Å². The molecule has 1 unspecified atom stereocenters. The van der Waals surface area contributed by atoms with Crippen LogP contribution in [0.25, 0.3) is 0 Å². The molecule has 2 amide bonds. The summed E-state index contributed by atoms with van der Waals surface area (Å²) in [4.78, 5) is 30.8. The zero-order valence-electron chi connectivity index (χ0n) is 16.5. The number of amides is 2. The molecule has 2 rings (SSSR count). The fourth-order valence-corrected chi connectivity index (χ4v) is 4.61. The van der Waals surface area contributed by atoms with Crippen LogP contribution in [0.2, 0.25) is 0 Å². The van der Waals surface area contributed by atoms with E-state index in [-0.39, 0.29) is 40.3 Å². The lowest BCUT2D eigenvalue weighted by atomic mass is 9.76. The molecule has 1 fully saturated rings. The van der Waals surface area contributed by atoms with E-state index in [2.05, 4.69) is 24.1 Å². The minimum atomic E-state index is -3.56. The molecule has 1 saturated heterocycles. The minimum absolute atomic E-state index is 0.0607. The summed E-state index contributed by atoms with van der Waals surface area (Å²) in [6.07, 6.45) is 3.71. The van der Waals surface area contributed by atoms with E-state index >= 15 is 0 Å². The topological polar surface area (TPSA) is 96.4 Å². The zero-order chi connectivity index (χ0) is 20.2. The maximum absolute atomic E-state index is 12.7. The molecule has 1 atom stereocenters. The summed E-state index contributed by atoms with van der Waals surface area (Å²) < 4.78 is 24.5. The predicted molar refractivity (Wildman–Crippen MR) is 103 cm³/mol. The van der Waals surface area contributed by atoms with Gasteiger partial charge in [0.1, 0.15) is 5.69 Å². The maximum Gasteiger partial charge on any atom is 0.271 e. The van der Waals surface area contributed by atoms with Crippen molar-refractivity contribution in [3.63, 3.8) is 0 Å². The van der Waals surface area contributed by atoms with Crippen LogP contribution in [0.4, 0.5) is 0 Å². The number of hydrogen-bond acceptors (Lipinski definition) is 5. The molecule has 0 radical (unpaired) electrons. The van der Waals surface area contributed by atoms with Gasteiger partial charge in [-0.05, 0) is 30.4 Å². The van der Waals surface area contributed by atoms with Crippen LogP contribution in [0.15, 0.2) is 23.2 Å². The van der Waals surface area contributed by atoms with E-state index in [1.54, 1.807) is 0 Å². The van der Waals surface area contributed by atoms with Gasteiger partial charge >= 0.3 is 0 Å². The zero-order valence-corrected chi connectivity index (χ0v) is 17.3. The summed E-state index contributed by atoms with van der Waals surface area (Å²) in [7, 11) is -3.56. The molecule has 0 aliphatic carbocycles. The molecule has 1 aromatic heterocycles. The van der Waals surface area contributed by atoms with Gasteiger partial charge in [0.2, 0.25) is 5.91 Å². The molecule has 0 bridgehead atoms. The Balaban J connectivity index is 2.22. The van der Waals surface area contributed by atoms with Crippen LogP contribution in [0.1, 0.15) is 57.4 Å². The highest BCUT2D eigenvalue weighted by molar-refractivity contribution is 7.91. The molecule has 150 valence electrons. The van der Waals surface area contributed by atoms with Gasteiger partial charge in [-0.3, -0.25) is 9.59 Å². The molecule has 0 saturated carbocycles. The number of hydrogen-bond donors (Lipinski definition) is 1. The highest BCUT2D eigenvalue weighted by atomic mass is 32.2. The number of carbonyl (C=O) groups is 2. The molecule has 1 aromatic rings. The van der Waals surface area contributed by atoms with Crippen molar-refractivity contribution in [2.75, 3.05) is 18.8 Å². The van der Waals surface area contributed by atoms with Gasteiger partial charge in [0.15, 0.2) is 9.84 Å². The first-order chi connectivity index (χ1) is 12.6. The first kappa shape index (κ1) is 21.3. The molecule has 1 N–H and O–H groups in total. The van der Waals surface area contributed by atoms with Crippen LogP contribution in [-0.4, -0.2) is 55.0 Å². The molecule has 0 spiro atoms. The molecule has 1 aliphatic heterocycles. The number of rotatable bonds is 6. The maximum atomic E-state index is 12.7. The van der Waals surface area contributed by atoms with E-state index in [1.807, 2.05) is 11.8 Å². The van der Waals surface area contributed by atoms with E-state index < -0.39 is 15.7 Å². The van der Waals surface area contributed by atoms with E-state index in [4.69, 9.17) is 0 Å². The Bertz CT molecular complexity index is 805. The Kier molecular flexibility index (Phi) is 6.62. The predicted octanol–water partition coefficient (Wildman–Crippen LogP) is 2.03. The molecular weight excluding hydrogens is 366 g/mol. The van der Waals surface area contributed by atoms with Crippen molar-refractivity contribution in [3.05, 3.63) is 24.0 Å². The monoisotopic (exact) mass is 395 g/mol. The lowest BCUT2D eigenvalue weighted by Gasteiger charge is -2.46. The first-order valence-electron chi connectivity index (χ1n) is 9.39. The Morgan fingerprint density at radius 1 is 1.33 bits per heavy atom. The molecular formula is C19H29N3O4S. The van der Waals surface area contributed by atoms with Crippen LogP contribution < -0.4 is 5.32 Å². The Hall–Kier alpha value is -1.96. The summed E-state index contributed by atoms with van der Waals surface area (Å²) in [6.45, 7) is 8.48. The molecule has 2 heterocycles. The fraction of sp³-hybridized carbons (Fsp3) is 0.632. The molecule has 1 aliphatic rings. The second-order valence-electron chi connectivity index (χ2n) is 7.51. The van der Waals surface area contributed by atoms with E-state index in [9.17, 15) is 18.0 Å². The van der Waals surface area contributed by atoms with Crippen molar-refractivity contribution < 1.29 is 18.0 Å². The van der Waals surface area contributed by atoms with E-state index in [0.29, 0.717) is 13.0 Å². The third-order valence-electron chi connectivity index (χ3n) is 5.28. The quantitative estimate of drug-likeness (QED) is 0.795. The van der Waals surface area contributed by atoms with Gasteiger partial charge in [0, 0.05) is 25.7 Å². The average molecular weight is 396 g/mol. The Labute approximate surface area is 161 Å². The minimum Gasteiger partial charge on any atom is -0.349 e. The number of carbonyl (C=O) groups excluding carboxylic acids is 2. The number of aromatic nitrogens is 1. The highest BCUT2D eigenvalue weighted by Gasteiger charge is 2.39. The van der Waals surface area contributed by atoms with Crippen LogP contribution in [-0.2, 0) is 14.6 Å². The number of sulfone groups is 1. The smallest absolute Gasteiger partial charge is 0.271 e. The standard InChI is InChI=1S/C19H29N3O4S/c1-5-16(23)22-12-8-10-19(3,4)15(22)13-21-18(24)17-14(9-7-11-20-17)27(25,26)6-2/h7,9,11,15H,5-6,8,10,12-13H2,1-4H3,(H,21,24). The largest absolute Gasteiger partial charge is 0.349 e. The second kappa shape index (κ2) is 8.37. The van der Waals surface area contributed by atoms with Crippen molar-refractivity contribution in [2.45, 2.75) is 57.9 Å². The molecule has 7 nitrogen and oxygen atoms in total. The molecule has 27 heavy (non-hydrogen) atoms. The molecule has 8 heteroatoms. The lowest BCUT2D eigenvalue weighted by molar-refractivity contribution is -0.138. The summed E-state index contributed by atoms with van der Waals surface area (Å²) in [6, 6.07) is 2.77. The van der Waals surface area contributed by atoms with Crippen molar-refractivity contribution >= 4 is 21.7 Å². The van der Waals surface area contributed by atoms with Gasteiger partial charge in [-0.15, -0.1) is 0 Å². The van der Waals surface area contributed by atoms with Gasteiger partial charge in [-0.2, -0.15) is 0 Å². The number of pyridine rings is 1.